The van der Waals surface area contributed by atoms with Crippen molar-refractivity contribution >= 4 is 29.7 Å². The lowest BCUT2D eigenvalue weighted by Gasteiger charge is -2.29. The molecule has 3 atom stereocenters. The standard InChI is InChI=1S/C16H21N7O5/c17-13(25)11-2-1-3-23(11)15(27)10(4-8-6-18-7-19-8)20-14(26)9-5-12(24)22-16(28)21-9/h6-7,9-11H,1-5H2,(H2,17,25)(H,18,19)(H,20,26)(H2,21,22,24,28). The van der Waals surface area contributed by atoms with E-state index in [9.17, 15) is 24.0 Å². The first-order valence-corrected chi connectivity index (χ1v) is 8.83. The zero-order chi connectivity index (χ0) is 20.3. The van der Waals surface area contributed by atoms with E-state index in [4.69, 9.17) is 5.73 Å². The van der Waals surface area contributed by atoms with Gasteiger partial charge in [-0.1, -0.05) is 0 Å². The lowest BCUT2D eigenvalue weighted by Crippen LogP contribution is -2.61. The van der Waals surface area contributed by atoms with E-state index in [2.05, 4.69) is 20.6 Å². The third-order valence-corrected chi connectivity index (χ3v) is 4.72. The number of amides is 6. The van der Waals surface area contributed by atoms with Gasteiger partial charge in [-0.15, -0.1) is 0 Å². The Labute approximate surface area is 159 Å². The minimum absolute atomic E-state index is 0.0966. The van der Waals surface area contributed by atoms with E-state index in [0.29, 0.717) is 25.1 Å². The fourth-order valence-corrected chi connectivity index (χ4v) is 3.38. The number of aromatic nitrogens is 2. The maximum atomic E-state index is 13.0. The molecule has 1 aromatic heterocycles. The van der Waals surface area contributed by atoms with Gasteiger partial charge in [0, 0.05) is 24.9 Å². The molecule has 3 unspecified atom stereocenters. The number of primary amides is 1. The summed E-state index contributed by atoms with van der Waals surface area (Å²) >= 11 is 0. The van der Waals surface area contributed by atoms with Crippen LogP contribution in [-0.4, -0.2) is 69.2 Å². The molecular weight excluding hydrogens is 370 g/mol. The summed E-state index contributed by atoms with van der Waals surface area (Å²) in [5.74, 6) is -2.32. The van der Waals surface area contributed by atoms with Crippen LogP contribution < -0.4 is 21.7 Å². The van der Waals surface area contributed by atoms with Crippen molar-refractivity contribution in [3.05, 3.63) is 18.2 Å². The Morgan fingerprint density at radius 3 is 2.79 bits per heavy atom. The van der Waals surface area contributed by atoms with Gasteiger partial charge in [-0.3, -0.25) is 24.5 Å². The Morgan fingerprint density at radius 1 is 1.36 bits per heavy atom. The van der Waals surface area contributed by atoms with Gasteiger partial charge in [0.2, 0.25) is 23.6 Å². The van der Waals surface area contributed by atoms with Crippen LogP contribution in [0.2, 0.25) is 0 Å². The Kier molecular flexibility index (Phi) is 5.57. The predicted octanol–water partition coefficient (Wildman–Crippen LogP) is -2.49. The highest BCUT2D eigenvalue weighted by atomic mass is 16.2. The lowest BCUT2D eigenvalue weighted by molar-refractivity contribution is -0.141. The predicted molar refractivity (Wildman–Crippen MR) is 93.2 cm³/mol. The molecule has 0 radical (unpaired) electrons. The molecule has 3 heterocycles. The molecule has 0 saturated carbocycles. The van der Waals surface area contributed by atoms with Crippen LogP contribution in [0.3, 0.4) is 0 Å². The first-order valence-electron chi connectivity index (χ1n) is 8.83. The number of nitrogens with zero attached hydrogens (tertiary/aromatic N) is 2. The molecule has 0 bridgehead atoms. The number of hydrogen-bond donors (Lipinski definition) is 5. The van der Waals surface area contributed by atoms with E-state index in [1.165, 1.54) is 17.4 Å². The molecule has 1 aromatic rings. The van der Waals surface area contributed by atoms with E-state index in [1.54, 1.807) is 0 Å². The summed E-state index contributed by atoms with van der Waals surface area (Å²) in [6.45, 7) is 0.352. The fraction of sp³-hybridized carbons (Fsp3) is 0.500. The van der Waals surface area contributed by atoms with Crippen molar-refractivity contribution in [1.82, 2.24) is 30.8 Å². The first-order chi connectivity index (χ1) is 13.3. The number of nitrogens with two attached hydrogens (primary N) is 1. The smallest absolute Gasteiger partial charge is 0.322 e. The monoisotopic (exact) mass is 391 g/mol. The molecule has 2 aliphatic rings. The fourth-order valence-electron chi connectivity index (χ4n) is 3.38. The molecule has 2 saturated heterocycles. The molecule has 12 heteroatoms. The summed E-state index contributed by atoms with van der Waals surface area (Å²) in [5.41, 5.74) is 5.98. The van der Waals surface area contributed by atoms with E-state index in [-0.39, 0.29) is 12.8 Å². The minimum Gasteiger partial charge on any atom is -0.368 e. The van der Waals surface area contributed by atoms with Gasteiger partial charge in [0.05, 0.1) is 12.7 Å². The normalized spacial score (nSPS) is 22.9. The third kappa shape index (κ3) is 4.27. The Bertz CT molecular complexity index is 777. The van der Waals surface area contributed by atoms with Crippen LogP contribution in [0, 0.1) is 0 Å². The molecule has 3 rings (SSSR count). The summed E-state index contributed by atoms with van der Waals surface area (Å²) in [6.07, 6.45) is 3.90. The minimum atomic E-state index is -1.09. The highest BCUT2D eigenvalue weighted by Crippen LogP contribution is 2.19. The van der Waals surface area contributed by atoms with Gasteiger partial charge in [0.25, 0.3) is 0 Å². The van der Waals surface area contributed by atoms with E-state index in [1.807, 2.05) is 5.32 Å². The SMILES string of the molecule is NC(=O)C1CCCN1C(=O)C(Cc1cnc[nH]1)NC(=O)C1CC(=O)NC(=O)N1. The molecule has 2 aliphatic heterocycles. The molecule has 6 N–H and O–H groups in total. The van der Waals surface area contributed by atoms with Crippen molar-refractivity contribution in [2.45, 2.75) is 43.8 Å². The largest absolute Gasteiger partial charge is 0.368 e. The zero-order valence-corrected chi connectivity index (χ0v) is 14.9. The van der Waals surface area contributed by atoms with Gasteiger partial charge in [-0.2, -0.15) is 0 Å². The van der Waals surface area contributed by atoms with Crippen LogP contribution in [-0.2, 0) is 25.6 Å². The number of H-pyrrole nitrogens is 1. The number of likely N-dealkylation sites (tertiary alicyclic amines) is 1. The lowest BCUT2D eigenvalue weighted by atomic mass is 10.1. The number of nitrogens with one attached hydrogen (secondary N) is 4. The summed E-state index contributed by atoms with van der Waals surface area (Å²) in [5, 5.41) is 6.95. The van der Waals surface area contributed by atoms with Crippen LogP contribution >= 0.6 is 0 Å². The van der Waals surface area contributed by atoms with Gasteiger partial charge in [0.1, 0.15) is 18.1 Å². The zero-order valence-electron chi connectivity index (χ0n) is 14.9. The van der Waals surface area contributed by atoms with Gasteiger partial charge in [-0.25, -0.2) is 9.78 Å². The number of imide groups is 1. The molecule has 2 fully saturated rings. The second-order valence-electron chi connectivity index (χ2n) is 6.71. The van der Waals surface area contributed by atoms with Gasteiger partial charge in [-0.05, 0) is 12.8 Å². The number of imidazole rings is 1. The van der Waals surface area contributed by atoms with E-state index < -0.39 is 47.8 Å². The summed E-state index contributed by atoms with van der Waals surface area (Å²) in [4.78, 5) is 68.3. The van der Waals surface area contributed by atoms with Crippen LogP contribution in [0.15, 0.2) is 12.5 Å². The number of aromatic amines is 1. The van der Waals surface area contributed by atoms with Crippen molar-refractivity contribution < 1.29 is 24.0 Å². The Morgan fingerprint density at radius 2 is 2.14 bits per heavy atom. The molecule has 6 amide bonds. The molecule has 12 nitrogen and oxygen atoms in total. The number of carbonyl (C=O) groups excluding carboxylic acids is 5. The van der Waals surface area contributed by atoms with Gasteiger partial charge < -0.3 is 26.3 Å². The Hall–Kier alpha value is -3.44. The summed E-state index contributed by atoms with van der Waals surface area (Å²) < 4.78 is 0. The number of carbonyl (C=O) groups is 5. The van der Waals surface area contributed by atoms with Crippen LogP contribution in [0.1, 0.15) is 25.0 Å². The van der Waals surface area contributed by atoms with Crippen molar-refractivity contribution in [3.63, 3.8) is 0 Å². The highest BCUT2D eigenvalue weighted by Gasteiger charge is 2.38. The number of urea groups is 1. The molecule has 28 heavy (non-hydrogen) atoms. The molecule has 150 valence electrons. The highest BCUT2D eigenvalue weighted by molar-refractivity contribution is 6.03. The second kappa shape index (κ2) is 8.06. The maximum Gasteiger partial charge on any atom is 0.322 e. The van der Waals surface area contributed by atoms with E-state index in [0.717, 1.165) is 0 Å². The third-order valence-electron chi connectivity index (χ3n) is 4.72. The average Bonchev–Trinajstić information content (AvgIpc) is 3.31. The average molecular weight is 391 g/mol. The van der Waals surface area contributed by atoms with Gasteiger partial charge >= 0.3 is 6.03 Å². The summed E-state index contributed by atoms with van der Waals surface area (Å²) in [7, 11) is 0. The molecule has 0 spiro atoms. The van der Waals surface area contributed by atoms with Crippen molar-refractivity contribution in [2.24, 2.45) is 5.73 Å². The van der Waals surface area contributed by atoms with Crippen molar-refractivity contribution in [1.29, 1.82) is 0 Å². The van der Waals surface area contributed by atoms with Crippen molar-refractivity contribution in [3.8, 4) is 0 Å². The quantitative estimate of drug-likeness (QED) is 0.358. The van der Waals surface area contributed by atoms with Gasteiger partial charge in [0.15, 0.2) is 0 Å². The number of hydrogen-bond acceptors (Lipinski definition) is 6. The first kappa shape index (κ1) is 19.3. The maximum absolute atomic E-state index is 13.0. The summed E-state index contributed by atoms with van der Waals surface area (Å²) in [6, 6.07) is -3.62. The van der Waals surface area contributed by atoms with Crippen LogP contribution in [0.4, 0.5) is 4.79 Å². The van der Waals surface area contributed by atoms with Crippen LogP contribution in [0.5, 0.6) is 0 Å². The second-order valence-corrected chi connectivity index (χ2v) is 6.71. The Balaban J connectivity index is 1.76. The van der Waals surface area contributed by atoms with E-state index >= 15 is 0 Å². The molecular formula is C16H21N7O5. The number of rotatable bonds is 6. The topological polar surface area (TPSA) is 179 Å². The molecule has 0 aliphatic carbocycles. The van der Waals surface area contributed by atoms with Crippen LogP contribution in [0.25, 0.3) is 0 Å². The van der Waals surface area contributed by atoms with Crippen molar-refractivity contribution in [2.75, 3.05) is 6.54 Å². The molecule has 0 aromatic carbocycles.